The van der Waals surface area contributed by atoms with E-state index in [0.29, 0.717) is 25.7 Å². The third kappa shape index (κ3) is 37.6. The first kappa shape index (κ1) is 102. The molecule has 36 heteroatoms. The first-order valence-electron chi connectivity index (χ1n) is 44.9. The summed E-state index contributed by atoms with van der Waals surface area (Å²) in [5.74, 6) is 0. The van der Waals surface area contributed by atoms with Gasteiger partial charge in [0.2, 0.25) is 0 Å². The van der Waals surface area contributed by atoms with Crippen molar-refractivity contribution in [1.82, 2.24) is 43.4 Å². The third-order valence-corrected chi connectivity index (χ3v) is 22.7. The molecule has 16 unspecified atom stereocenters. The summed E-state index contributed by atoms with van der Waals surface area (Å²) >= 11 is 0. The minimum atomic E-state index is -0.237. The number of hydrogen-bond donors (Lipinski definition) is 8. The van der Waals surface area contributed by atoms with Gasteiger partial charge in [0.05, 0.1) is 0 Å². The second-order valence-corrected chi connectivity index (χ2v) is 32.4. The normalized spacial score (nSPS) is 31.9. The number of nitrogens with zero attached hydrogens (tertiary/aromatic N) is 24. The smallest absolute Gasteiger partial charge is 0.655 e. The van der Waals surface area contributed by atoms with Crippen molar-refractivity contribution in [3.8, 4) is 0 Å². The fraction of sp³-hybridized carbons (Fsp3) is 0.636. The van der Waals surface area contributed by atoms with E-state index in [4.69, 9.17) is 42.5 Å². The van der Waals surface area contributed by atoms with Crippen LogP contribution in [0.25, 0.3) is 85.1 Å². The van der Waals surface area contributed by atoms with E-state index in [1.54, 1.807) is 0 Å². The van der Waals surface area contributed by atoms with Crippen LogP contribution in [0.1, 0.15) is 227 Å². The molecule has 8 N–H and O–H groups in total. The molecule has 0 amide bonds. The predicted molar refractivity (Wildman–Crippen MR) is 492 cm³/mol. The summed E-state index contributed by atoms with van der Waals surface area (Å²) in [5.41, 5.74) is 30.0. The Kier molecular flexibility index (Phi) is 49.3. The average Bonchev–Trinajstić information content (AvgIpc) is 0.850. The van der Waals surface area contributed by atoms with Gasteiger partial charge in [0.1, 0.15) is 0 Å². The van der Waals surface area contributed by atoms with Gasteiger partial charge in [-0.3, -0.25) is 0 Å². The molecule has 0 aliphatic carbocycles. The molecule has 12 fully saturated rings. The van der Waals surface area contributed by atoms with E-state index in [1.807, 2.05) is 123 Å². The maximum Gasteiger partial charge on any atom is 2.00 e. The van der Waals surface area contributed by atoms with Crippen molar-refractivity contribution in [3.05, 3.63) is 229 Å². The number of hydrogen-bond acceptors (Lipinski definition) is 16. The van der Waals surface area contributed by atoms with Crippen LogP contribution in [-0.4, -0.2) is 200 Å². The first-order chi connectivity index (χ1) is 59.5. The van der Waals surface area contributed by atoms with Crippen molar-refractivity contribution < 1.29 is 68.3 Å². The zero-order valence-corrected chi connectivity index (χ0v) is 76.1. The van der Waals surface area contributed by atoms with E-state index in [-0.39, 0.29) is 191 Å². The summed E-state index contributed by atoms with van der Waals surface area (Å²) in [6.45, 7) is 7.53. The summed E-state index contributed by atoms with van der Waals surface area (Å²) in [6.07, 6.45) is 44.2. The number of benzene rings is 4. The average molecular weight is 1850 g/mol. The van der Waals surface area contributed by atoms with E-state index in [1.165, 1.54) is 103 Å². The van der Waals surface area contributed by atoms with Gasteiger partial charge in [-0.25, -0.2) is 24.7 Å². The number of rotatable bonds is 28. The van der Waals surface area contributed by atoms with Gasteiger partial charge < -0.3 is 128 Å². The van der Waals surface area contributed by atoms with E-state index in [0.717, 1.165) is 126 Å². The molecule has 4 aromatic carbocycles. The van der Waals surface area contributed by atoms with E-state index < -0.39 is 0 Å². The summed E-state index contributed by atoms with van der Waals surface area (Å²) in [4.78, 5) is 0. The molecule has 676 valence electrons. The molecule has 0 spiro atoms. The fourth-order valence-electron chi connectivity index (χ4n) is 15.9. The Morgan fingerprint density at radius 2 is 0.331 bits per heavy atom. The SMILES string of the molecule is C(=NNC1CC(NN=CC2CCCC[N-]2)[N-]C(c2ccccc2)[N-]1)C1CCCC[N-]1.C(=NNC1CC(NN=CC2CCCC[N-]2)[N-]C(c2ccccc2)[N-]1)C1CCCC[N-]1.C(=NNC1CC(NN=CC2CCCC[N-]2)[N-]C(c2ccccc2)[N-]1)C1CCCC[N-]1.C(=NNC1CC(NN=CC2CCCC[N-]2)[N-]C(c2ccccc2)[N-]1)C1CCCC[N-]1.[Mn+2].[Mn+2].[Mn+2].[Mn+2]. The Bertz CT molecular complexity index is 3010. The number of nitrogens with one attached hydrogen (secondary N) is 8. The summed E-state index contributed by atoms with van der Waals surface area (Å²) in [6, 6.07) is 42.5. The minimum absolute atomic E-state index is 0. The largest absolute Gasteiger partial charge is 2.00 e. The van der Waals surface area contributed by atoms with Crippen molar-refractivity contribution in [2.45, 2.75) is 302 Å². The molecule has 4 radical (unpaired) electrons. The van der Waals surface area contributed by atoms with Crippen molar-refractivity contribution >= 4 is 49.7 Å². The van der Waals surface area contributed by atoms with Crippen LogP contribution in [0.3, 0.4) is 0 Å². The van der Waals surface area contributed by atoms with Crippen LogP contribution in [0.4, 0.5) is 0 Å². The molecule has 16 atom stereocenters. The Balaban J connectivity index is 0.000000185. The second kappa shape index (κ2) is 60.1. The zero-order chi connectivity index (χ0) is 81.7. The molecule has 4 aromatic rings. The fourth-order valence-corrected chi connectivity index (χ4v) is 15.9. The number of hydrazone groups is 8. The van der Waals surface area contributed by atoms with Gasteiger partial charge in [-0.2, -0.15) is 40.8 Å². The molecule has 0 aromatic heterocycles. The van der Waals surface area contributed by atoms with Gasteiger partial charge >= 0.3 is 68.3 Å². The monoisotopic (exact) mass is 1850 g/mol. The summed E-state index contributed by atoms with van der Waals surface area (Å²) in [7, 11) is 0. The Morgan fingerprint density at radius 3 is 0.452 bits per heavy atom. The standard InChI is InChI=1S/4C22H32N8.4Mn/c4*1-2-8-17(9-3-1)22-27-20(29-25-15-18-10-4-6-12-23-18)14-21(28-22)30-26-16-19-11-5-7-13-24-19;;;;/h4*1-3,8-9,15-16,18-22,29-30H,4-7,10-14H2;;;;/q4*-4;4*+2. The van der Waals surface area contributed by atoms with Crippen LogP contribution < -0.4 is 43.4 Å². The summed E-state index contributed by atoms with van der Waals surface area (Å²) in [5, 5.41) is 111. The van der Waals surface area contributed by atoms with Crippen LogP contribution in [0.15, 0.2) is 162 Å². The van der Waals surface area contributed by atoms with Crippen molar-refractivity contribution in [2.24, 2.45) is 40.8 Å². The minimum Gasteiger partial charge on any atom is -0.655 e. The van der Waals surface area contributed by atoms with Crippen LogP contribution in [-0.2, 0) is 68.3 Å². The maximum absolute atomic E-state index is 4.85. The number of piperidine rings is 8. The molecule has 32 nitrogen and oxygen atoms in total. The van der Waals surface area contributed by atoms with Gasteiger partial charge in [-0.15, -0.1) is 52.4 Å². The summed E-state index contributed by atoms with van der Waals surface area (Å²) < 4.78 is 0. The van der Waals surface area contributed by atoms with E-state index >= 15 is 0 Å². The molecular weight excluding hydrogens is 1720 g/mol. The van der Waals surface area contributed by atoms with Crippen LogP contribution in [0, 0.1) is 0 Å². The van der Waals surface area contributed by atoms with Gasteiger partial charge in [0.15, 0.2) is 0 Å². The predicted octanol–water partition coefficient (Wildman–Crippen LogP) is 18.0. The molecule has 0 saturated carbocycles. The first-order valence-corrected chi connectivity index (χ1v) is 44.9. The Labute approximate surface area is 779 Å². The van der Waals surface area contributed by atoms with Gasteiger partial charge in [-0.05, 0) is 75.0 Å². The second-order valence-electron chi connectivity index (χ2n) is 32.4. The Morgan fingerprint density at radius 1 is 0.194 bits per heavy atom. The topological polar surface area (TPSA) is 421 Å². The van der Waals surface area contributed by atoms with Crippen molar-refractivity contribution in [3.63, 3.8) is 0 Å². The third-order valence-electron chi connectivity index (χ3n) is 22.7. The Hall–Kier alpha value is -5.92. The van der Waals surface area contributed by atoms with Gasteiger partial charge in [0.25, 0.3) is 0 Å². The van der Waals surface area contributed by atoms with Gasteiger partial charge in [-0.1, -0.05) is 346 Å². The van der Waals surface area contributed by atoms with Crippen molar-refractivity contribution in [2.75, 3.05) is 52.4 Å². The maximum atomic E-state index is 4.85. The van der Waals surface area contributed by atoms with E-state index in [2.05, 4.69) is 175 Å². The van der Waals surface area contributed by atoms with Crippen LogP contribution >= 0.6 is 0 Å². The molecule has 124 heavy (non-hydrogen) atoms. The van der Waals surface area contributed by atoms with E-state index in [9.17, 15) is 0 Å². The molecule has 12 aliphatic rings. The zero-order valence-electron chi connectivity index (χ0n) is 71.4. The van der Waals surface area contributed by atoms with Crippen LogP contribution in [0.2, 0.25) is 0 Å². The van der Waals surface area contributed by atoms with Crippen LogP contribution in [0.5, 0.6) is 0 Å². The molecule has 0 bridgehead atoms. The quantitative estimate of drug-likeness (QED) is 0.0153. The van der Waals surface area contributed by atoms with Gasteiger partial charge in [0, 0.05) is 49.7 Å². The molecule has 12 saturated heterocycles. The molecule has 12 aliphatic heterocycles. The van der Waals surface area contributed by atoms with Crippen molar-refractivity contribution in [1.29, 1.82) is 0 Å². The molecule has 12 heterocycles. The molecular formula is C88H128Mn4N32-8. The molecule has 16 rings (SSSR count).